The Labute approximate surface area is 168 Å². The van der Waals surface area contributed by atoms with Crippen molar-refractivity contribution in [2.24, 2.45) is 0 Å². The molecule has 0 aliphatic rings. The molecule has 0 spiro atoms. The summed E-state index contributed by atoms with van der Waals surface area (Å²) in [5, 5.41) is 0.667. The summed E-state index contributed by atoms with van der Waals surface area (Å²) in [5.74, 6) is -0.307. The van der Waals surface area contributed by atoms with Gasteiger partial charge in [0, 0.05) is 22.5 Å². The van der Waals surface area contributed by atoms with Crippen molar-refractivity contribution in [2.45, 2.75) is 19.4 Å². The maximum Gasteiger partial charge on any atom is 0.339 e. The van der Waals surface area contributed by atoms with Crippen LogP contribution in [0.2, 0.25) is 5.02 Å². The van der Waals surface area contributed by atoms with Crippen molar-refractivity contribution in [1.29, 1.82) is 0 Å². The first-order chi connectivity index (χ1) is 11.4. The molecule has 0 bridgehead atoms. The minimum atomic E-state index is -0.307. The number of benzene rings is 2. The fourth-order valence-electron chi connectivity index (χ4n) is 2.40. The second kappa shape index (κ2) is 10.2. The zero-order chi connectivity index (χ0) is 17.7. The number of rotatable bonds is 6. The second-order valence-electron chi connectivity index (χ2n) is 6.00. The summed E-state index contributed by atoms with van der Waals surface area (Å²) in [6, 6.07) is 13.0. The van der Waals surface area contributed by atoms with Crippen molar-refractivity contribution < 1.29 is 9.53 Å². The van der Waals surface area contributed by atoms with Crippen LogP contribution in [0.15, 0.2) is 46.9 Å². The van der Waals surface area contributed by atoms with Crippen LogP contribution in [0.1, 0.15) is 34.0 Å². The molecule has 0 saturated heterocycles. The summed E-state index contributed by atoms with van der Waals surface area (Å²) in [7, 11) is 4.00. The van der Waals surface area contributed by atoms with Gasteiger partial charge in [0.15, 0.2) is 0 Å². The Hall–Kier alpha value is -1.07. The highest BCUT2D eigenvalue weighted by Crippen LogP contribution is 2.26. The standard InChI is InChI=1S/C19H21BrClNO2.ClH/c1-13-12-15(20)6-9-17(13)19(23)24-18(10-11-22(2)3)14-4-7-16(21)8-5-14;/h4-9,12,18H,10-11H2,1-3H3;1H. The van der Waals surface area contributed by atoms with Crippen LogP contribution in [-0.4, -0.2) is 31.5 Å². The highest BCUT2D eigenvalue weighted by molar-refractivity contribution is 9.10. The number of carbonyl (C=O) groups excluding carboxylic acids is 1. The third-order valence-corrected chi connectivity index (χ3v) is 4.48. The molecule has 0 fully saturated rings. The molecule has 3 nitrogen and oxygen atoms in total. The van der Waals surface area contributed by atoms with Crippen LogP contribution in [0.5, 0.6) is 0 Å². The van der Waals surface area contributed by atoms with Gasteiger partial charge in [-0.3, -0.25) is 0 Å². The molecule has 1 atom stereocenters. The molecule has 0 radical (unpaired) electrons. The Balaban J connectivity index is 0.00000312. The summed E-state index contributed by atoms with van der Waals surface area (Å²) >= 11 is 9.37. The summed E-state index contributed by atoms with van der Waals surface area (Å²) in [6.45, 7) is 2.72. The van der Waals surface area contributed by atoms with Crippen molar-refractivity contribution in [1.82, 2.24) is 4.90 Å². The number of carbonyl (C=O) groups is 1. The van der Waals surface area contributed by atoms with Crippen LogP contribution in [0.25, 0.3) is 0 Å². The van der Waals surface area contributed by atoms with Gasteiger partial charge in [-0.1, -0.05) is 39.7 Å². The van der Waals surface area contributed by atoms with Crippen molar-refractivity contribution >= 4 is 45.9 Å². The van der Waals surface area contributed by atoms with Crippen molar-refractivity contribution in [3.8, 4) is 0 Å². The van der Waals surface area contributed by atoms with Crippen LogP contribution in [-0.2, 0) is 4.74 Å². The van der Waals surface area contributed by atoms with E-state index in [1.54, 1.807) is 6.07 Å². The molecule has 25 heavy (non-hydrogen) atoms. The van der Waals surface area contributed by atoms with E-state index in [2.05, 4.69) is 20.8 Å². The van der Waals surface area contributed by atoms with Gasteiger partial charge in [-0.15, -0.1) is 12.4 Å². The number of esters is 1. The van der Waals surface area contributed by atoms with Gasteiger partial charge >= 0.3 is 5.97 Å². The Morgan fingerprint density at radius 1 is 1.20 bits per heavy atom. The molecule has 0 aromatic heterocycles. The fourth-order valence-corrected chi connectivity index (χ4v) is 3.00. The van der Waals surface area contributed by atoms with Crippen LogP contribution < -0.4 is 0 Å². The largest absolute Gasteiger partial charge is 0.454 e. The molecule has 0 N–H and O–H groups in total. The molecule has 136 valence electrons. The molecule has 0 amide bonds. The Kier molecular flexibility index (Phi) is 8.94. The van der Waals surface area contributed by atoms with Crippen LogP contribution in [0.3, 0.4) is 0 Å². The molecular weight excluding hydrogens is 425 g/mol. The van der Waals surface area contributed by atoms with E-state index in [1.165, 1.54) is 0 Å². The van der Waals surface area contributed by atoms with Gasteiger partial charge in [0.2, 0.25) is 0 Å². The average Bonchev–Trinajstić information content (AvgIpc) is 2.52. The summed E-state index contributed by atoms with van der Waals surface area (Å²) in [4.78, 5) is 14.7. The molecular formula is C19H22BrCl2NO2. The van der Waals surface area contributed by atoms with Gasteiger partial charge in [0.25, 0.3) is 0 Å². The number of hydrogen-bond acceptors (Lipinski definition) is 3. The molecule has 2 aromatic carbocycles. The van der Waals surface area contributed by atoms with E-state index in [4.69, 9.17) is 16.3 Å². The maximum atomic E-state index is 12.6. The minimum absolute atomic E-state index is 0. The molecule has 0 heterocycles. The minimum Gasteiger partial charge on any atom is -0.454 e. The monoisotopic (exact) mass is 445 g/mol. The van der Waals surface area contributed by atoms with Gasteiger partial charge in [0.05, 0.1) is 5.56 Å². The number of hydrogen-bond donors (Lipinski definition) is 0. The predicted octanol–water partition coefficient (Wildman–Crippen LogP) is 5.68. The van der Waals surface area contributed by atoms with Crippen LogP contribution in [0.4, 0.5) is 0 Å². The lowest BCUT2D eigenvalue weighted by Crippen LogP contribution is -2.19. The predicted molar refractivity (Wildman–Crippen MR) is 109 cm³/mol. The van der Waals surface area contributed by atoms with E-state index >= 15 is 0 Å². The summed E-state index contributed by atoms with van der Waals surface area (Å²) in [5.41, 5.74) is 2.42. The fraction of sp³-hybridized carbons (Fsp3) is 0.316. The first kappa shape index (κ1) is 22.0. The second-order valence-corrected chi connectivity index (χ2v) is 7.35. The molecule has 6 heteroatoms. The molecule has 0 aliphatic heterocycles. The van der Waals surface area contributed by atoms with Gasteiger partial charge in [-0.2, -0.15) is 0 Å². The Morgan fingerprint density at radius 2 is 1.84 bits per heavy atom. The summed E-state index contributed by atoms with van der Waals surface area (Å²) < 4.78 is 6.75. The zero-order valence-corrected chi connectivity index (χ0v) is 17.6. The van der Waals surface area contributed by atoms with Crippen molar-refractivity contribution in [3.63, 3.8) is 0 Å². The first-order valence-electron chi connectivity index (χ1n) is 7.74. The quantitative estimate of drug-likeness (QED) is 0.534. The maximum absolute atomic E-state index is 12.6. The van der Waals surface area contributed by atoms with E-state index in [9.17, 15) is 4.79 Å². The van der Waals surface area contributed by atoms with Gasteiger partial charge in [0.1, 0.15) is 6.10 Å². The molecule has 2 aromatic rings. The highest BCUT2D eigenvalue weighted by atomic mass is 79.9. The lowest BCUT2D eigenvalue weighted by molar-refractivity contribution is 0.0260. The van der Waals surface area contributed by atoms with E-state index in [1.807, 2.05) is 57.4 Å². The van der Waals surface area contributed by atoms with E-state index in [0.29, 0.717) is 10.6 Å². The van der Waals surface area contributed by atoms with Gasteiger partial charge in [-0.05, 0) is 62.5 Å². The van der Waals surface area contributed by atoms with E-state index in [-0.39, 0.29) is 24.5 Å². The van der Waals surface area contributed by atoms with Crippen molar-refractivity contribution in [3.05, 3.63) is 68.7 Å². The molecule has 0 aliphatic carbocycles. The van der Waals surface area contributed by atoms with Crippen LogP contribution in [0, 0.1) is 6.92 Å². The molecule has 1 unspecified atom stereocenters. The smallest absolute Gasteiger partial charge is 0.339 e. The van der Waals surface area contributed by atoms with Gasteiger partial charge < -0.3 is 9.64 Å². The molecule has 0 saturated carbocycles. The van der Waals surface area contributed by atoms with Crippen LogP contribution >= 0.6 is 39.9 Å². The third-order valence-electron chi connectivity index (χ3n) is 3.74. The number of aryl methyl sites for hydroxylation is 1. The number of ether oxygens (including phenoxy) is 1. The highest BCUT2D eigenvalue weighted by Gasteiger charge is 2.19. The molecule has 2 rings (SSSR count). The first-order valence-corrected chi connectivity index (χ1v) is 8.91. The third kappa shape index (κ3) is 6.63. The SMILES string of the molecule is Cc1cc(Br)ccc1C(=O)OC(CCN(C)C)c1ccc(Cl)cc1.Cl. The van der Waals surface area contributed by atoms with E-state index in [0.717, 1.165) is 28.6 Å². The topological polar surface area (TPSA) is 29.5 Å². The lowest BCUT2D eigenvalue weighted by atomic mass is 10.1. The number of nitrogens with zero attached hydrogens (tertiary/aromatic N) is 1. The van der Waals surface area contributed by atoms with E-state index < -0.39 is 0 Å². The van der Waals surface area contributed by atoms with Crippen molar-refractivity contribution in [2.75, 3.05) is 20.6 Å². The summed E-state index contributed by atoms with van der Waals surface area (Å²) in [6.07, 6.45) is 0.413. The average molecular weight is 447 g/mol. The lowest BCUT2D eigenvalue weighted by Gasteiger charge is -2.21. The normalized spacial score (nSPS) is 11.8. The number of halogens is 3. The zero-order valence-electron chi connectivity index (χ0n) is 14.5. The van der Waals surface area contributed by atoms with Gasteiger partial charge in [-0.25, -0.2) is 4.79 Å². The Morgan fingerprint density at radius 3 is 2.40 bits per heavy atom. The Bertz CT molecular complexity index is 705.